The van der Waals surface area contributed by atoms with E-state index in [1.807, 2.05) is 0 Å². The zero-order valence-corrected chi connectivity index (χ0v) is 9.65. The highest BCUT2D eigenvalue weighted by Gasteiger charge is 2.19. The zero-order chi connectivity index (χ0) is 10.0. The fourth-order valence-electron chi connectivity index (χ4n) is 0.906. The van der Waals surface area contributed by atoms with Gasteiger partial charge in [-0.05, 0) is 23.8 Å². The molecule has 72 valence electrons. The first-order valence-corrected chi connectivity index (χ1v) is 5.09. The molecule has 0 aromatic heterocycles. The molecule has 1 atom stereocenters. The van der Waals surface area contributed by atoms with Gasteiger partial charge in [-0.15, -0.1) is 0 Å². The molecule has 1 rings (SSSR count). The average molecular weight is 315 g/mol. The molecule has 1 aromatic rings. The lowest BCUT2D eigenvalue weighted by Gasteiger charge is -2.12. The summed E-state index contributed by atoms with van der Waals surface area (Å²) >= 11 is 6.36. The number of rotatable bonds is 2. The molecule has 0 saturated carbocycles. The summed E-state index contributed by atoms with van der Waals surface area (Å²) in [5.74, 6) is 0. The van der Waals surface area contributed by atoms with E-state index < -0.39 is 12.5 Å². The molecule has 1 aromatic carbocycles. The van der Waals surface area contributed by atoms with Crippen molar-refractivity contribution in [2.75, 3.05) is 0 Å². The van der Waals surface area contributed by atoms with E-state index in [4.69, 9.17) is 5.73 Å². The highest BCUT2D eigenvalue weighted by atomic mass is 79.9. The van der Waals surface area contributed by atoms with E-state index in [1.165, 1.54) is 0 Å². The molecule has 0 unspecified atom stereocenters. The highest BCUT2D eigenvalue weighted by Crippen LogP contribution is 2.28. The van der Waals surface area contributed by atoms with Gasteiger partial charge in [0, 0.05) is 8.95 Å². The largest absolute Gasteiger partial charge is 0.319 e. The Hall–Kier alpha value is -0.000000000000000111. The first-order valence-electron chi connectivity index (χ1n) is 3.51. The summed E-state index contributed by atoms with van der Waals surface area (Å²) in [6, 6.07) is 3.78. The van der Waals surface area contributed by atoms with Crippen molar-refractivity contribution in [3.8, 4) is 0 Å². The summed E-state index contributed by atoms with van der Waals surface area (Å²) in [4.78, 5) is 0. The van der Waals surface area contributed by atoms with E-state index in [2.05, 4.69) is 31.9 Å². The van der Waals surface area contributed by atoms with Crippen molar-refractivity contribution in [2.45, 2.75) is 12.5 Å². The Morgan fingerprint density at radius 3 is 2.38 bits per heavy atom. The normalized spacial score (nSPS) is 13.4. The van der Waals surface area contributed by atoms with Crippen molar-refractivity contribution in [2.24, 2.45) is 5.73 Å². The van der Waals surface area contributed by atoms with Crippen molar-refractivity contribution >= 4 is 31.9 Å². The SMILES string of the molecule is N[C@@H](c1cc(Br)ccc1Br)C(F)F. The summed E-state index contributed by atoms with van der Waals surface area (Å²) in [7, 11) is 0. The van der Waals surface area contributed by atoms with Crippen LogP contribution in [-0.4, -0.2) is 6.43 Å². The van der Waals surface area contributed by atoms with Gasteiger partial charge in [0.1, 0.15) is 0 Å². The second kappa shape index (κ2) is 4.48. The Morgan fingerprint density at radius 2 is 1.85 bits per heavy atom. The minimum absolute atomic E-state index is 0.407. The second-order valence-corrected chi connectivity index (χ2v) is 4.30. The van der Waals surface area contributed by atoms with Crippen molar-refractivity contribution in [3.05, 3.63) is 32.7 Å². The molecule has 1 nitrogen and oxygen atoms in total. The molecule has 5 heteroatoms. The first-order chi connectivity index (χ1) is 6.02. The quantitative estimate of drug-likeness (QED) is 0.888. The van der Waals surface area contributed by atoms with E-state index in [0.29, 0.717) is 10.0 Å². The molecular weight excluding hydrogens is 308 g/mol. The molecule has 0 saturated heterocycles. The first kappa shape index (κ1) is 11.1. The van der Waals surface area contributed by atoms with Crippen LogP contribution in [0.4, 0.5) is 8.78 Å². The Balaban J connectivity index is 3.05. The van der Waals surface area contributed by atoms with E-state index in [9.17, 15) is 8.78 Å². The van der Waals surface area contributed by atoms with Gasteiger partial charge in [-0.3, -0.25) is 0 Å². The molecule has 0 aliphatic rings. The Morgan fingerprint density at radius 1 is 1.23 bits per heavy atom. The summed E-state index contributed by atoms with van der Waals surface area (Å²) < 4.78 is 25.9. The van der Waals surface area contributed by atoms with Crippen LogP contribution in [0.3, 0.4) is 0 Å². The Labute approximate surface area is 91.6 Å². The van der Waals surface area contributed by atoms with Gasteiger partial charge in [-0.25, -0.2) is 8.78 Å². The number of benzene rings is 1. The van der Waals surface area contributed by atoms with E-state index in [-0.39, 0.29) is 0 Å². The molecule has 0 fully saturated rings. The lowest BCUT2D eigenvalue weighted by Crippen LogP contribution is -2.19. The zero-order valence-electron chi connectivity index (χ0n) is 6.48. The molecule has 0 spiro atoms. The number of halogens is 4. The van der Waals surface area contributed by atoms with E-state index >= 15 is 0 Å². The number of alkyl halides is 2. The third-order valence-corrected chi connectivity index (χ3v) is 2.80. The van der Waals surface area contributed by atoms with Crippen LogP contribution < -0.4 is 5.73 Å². The molecule has 0 heterocycles. The highest BCUT2D eigenvalue weighted by molar-refractivity contribution is 9.11. The molecule has 0 amide bonds. The van der Waals surface area contributed by atoms with Gasteiger partial charge in [0.05, 0.1) is 6.04 Å². The van der Waals surface area contributed by atoms with Gasteiger partial charge in [-0.2, -0.15) is 0 Å². The van der Waals surface area contributed by atoms with Crippen LogP contribution in [0.15, 0.2) is 27.1 Å². The van der Waals surface area contributed by atoms with Gasteiger partial charge < -0.3 is 5.73 Å². The van der Waals surface area contributed by atoms with Crippen LogP contribution in [-0.2, 0) is 0 Å². The molecule has 0 aliphatic heterocycles. The van der Waals surface area contributed by atoms with Gasteiger partial charge in [-0.1, -0.05) is 31.9 Å². The van der Waals surface area contributed by atoms with Crippen LogP contribution in [0.5, 0.6) is 0 Å². The van der Waals surface area contributed by atoms with E-state index in [0.717, 1.165) is 4.47 Å². The molecule has 2 N–H and O–H groups in total. The van der Waals surface area contributed by atoms with Crippen LogP contribution >= 0.6 is 31.9 Å². The van der Waals surface area contributed by atoms with Crippen molar-refractivity contribution < 1.29 is 8.78 Å². The fourth-order valence-corrected chi connectivity index (χ4v) is 1.80. The predicted molar refractivity (Wildman–Crippen MR) is 54.8 cm³/mol. The Bertz CT molecular complexity index is 304. The standard InChI is InChI=1S/C8H7Br2F2N/c9-4-1-2-6(10)5(3-4)7(13)8(11)12/h1-3,7-8H,13H2/t7-/m0/s1. The van der Waals surface area contributed by atoms with Gasteiger partial charge in [0.25, 0.3) is 6.43 Å². The topological polar surface area (TPSA) is 26.0 Å². The lowest BCUT2D eigenvalue weighted by atomic mass is 10.1. The molecule has 13 heavy (non-hydrogen) atoms. The number of hydrogen-bond donors (Lipinski definition) is 1. The molecule has 0 aliphatic carbocycles. The summed E-state index contributed by atoms with van der Waals surface area (Å²) in [5.41, 5.74) is 5.71. The van der Waals surface area contributed by atoms with Crippen molar-refractivity contribution in [1.82, 2.24) is 0 Å². The third kappa shape index (κ3) is 2.72. The third-order valence-electron chi connectivity index (χ3n) is 1.59. The smallest absolute Gasteiger partial charge is 0.257 e. The minimum Gasteiger partial charge on any atom is -0.319 e. The number of hydrogen-bond acceptors (Lipinski definition) is 1. The monoisotopic (exact) mass is 313 g/mol. The second-order valence-electron chi connectivity index (χ2n) is 2.53. The van der Waals surface area contributed by atoms with Gasteiger partial charge >= 0.3 is 0 Å². The number of nitrogens with two attached hydrogens (primary N) is 1. The summed E-state index contributed by atoms with van der Waals surface area (Å²) in [5, 5.41) is 0. The van der Waals surface area contributed by atoms with Crippen molar-refractivity contribution in [3.63, 3.8) is 0 Å². The van der Waals surface area contributed by atoms with E-state index in [1.54, 1.807) is 18.2 Å². The minimum atomic E-state index is -2.55. The van der Waals surface area contributed by atoms with Crippen molar-refractivity contribution in [1.29, 1.82) is 0 Å². The molecule has 0 bridgehead atoms. The lowest BCUT2D eigenvalue weighted by molar-refractivity contribution is 0.116. The van der Waals surface area contributed by atoms with Gasteiger partial charge in [0.15, 0.2) is 0 Å². The van der Waals surface area contributed by atoms with Crippen LogP contribution in [0.2, 0.25) is 0 Å². The molecular formula is C8H7Br2F2N. The Kier molecular flexibility index (Phi) is 3.82. The fraction of sp³-hybridized carbons (Fsp3) is 0.250. The van der Waals surface area contributed by atoms with Crippen LogP contribution in [0.25, 0.3) is 0 Å². The van der Waals surface area contributed by atoms with Crippen LogP contribution in [0, 0.1) is 0 Å². The van der Waals surface area contributed by atoms with Gasteiger partial charge in [0.2, 0.25) is 0 Å². The summed E-state index contributed by atoms with van der Waals surface area (Å²) in [6.07, 6.45) is -2.55. The maximum atomic E-state index is 12.3. The maximum Gasteiger partial charge on any atom is 0.257 e. The summed E-state index contributed by atoms with van der Waals surface area (Å²) in [6.45, 7) is 0. The predicted octanol–water partition coefficient (Wildman–Crippen LogP) is 3.48. The molecule has 0 radical (unpaired) electrons. The maximum absolute atomic E-state index is 12.3. The average Bonchev–Trinajstić information content (AvgIpc) is 2.08. The van der Waals surface area contributed by atoms with Crippen LogP contribution in [0.1, 0.15) is 11.6 Å².